The van der Waals surface area contributed by atoms with Crippen LogP contribution in [0.1, 0.15) is 39.5 Å². The van der Waals surface area contributed by atoms with Crippen LogP contribution in [0.2, 0.25) is 0 Å². The second kappa shape index (κ2) is 3.59. The molecular weight excluding hydrogens is 126 g/mol. The molecule has 0 radical (unpaired) electrons. The van der Waals surface area contributed by atoms with Gasteiger partial charge in [0.25, 0.3) is 0 Å². The first-order chi connectivity index (χ1) is 4.79. The molecule has 0 aromatic heterocycles. The van der Waals surface area contributed by atoms with Crippen LogP contribution in [-0.4, -0.2) is 11.8 Å². The van der Waals surface area contributed by atoms with E-state index >= 15 is 0 Å². The summed E-state index contributed by atoms with van der Waals surface area (Å²) in [5, 5.41) is 3.92. The lowest BCUT2D eigenvalue weighted by atomic mass is 10.3. The lowest BCUT2D eigenvalue weighted by molar-refractivity contribution is 0.0642. The van der Waals surface area contributed by atoms with Gasteiger partial charge in [0, 0.05) is 0 Å². The second-order valence-corrected chi connectivity index (χ2v) is 3.05. The average Bonchev–Trinajstić information content (AvgIpc) is 2.34. The number of oxime groups is 1. The van der Waals surface area contributed by atoms with Gasteiger partial charge in [0.05, 0.1) is 5.71 Å². The lowest BCUT2D eigenvalue weighted by Gasteiger charge is -2.05. The van der Waals surface area contributed by atoms with Crippen LogP contribution >= 0.6 is 0 Å². The first-order valence-corrected chi connectivity index (χ1v) is 3.96. The third kappa shape index (κ3) is 2.38. The van der Waals surface area contributed by atoms with Crippen LogP contribution in [0.3, 0.4) is 0 Å². The van der Waals surface area contributed by atoms with Crippen molar-refractivity contribution in [2.24, 2.45) is 5.16 Å². The maximum Gasteiger partial charge on any atom is 0.127 e. The zero-order valence-corrected chi connectivity index (χ0v) is 6.76. The minimum atomic E-state index is 0.412. The van der Waals surface area contributed by atoms with E-state index in [0.717, 1.165) is 5.71 Å². The molecule has 0 atom stereocenters. The molecule has 1 rings (SSSR count). The summed E-state index contributed by atoms with van der Waals surface area (Å²) in [6.45, 7) is 3.91. The predicted molar refractivity (Wildman–Crippen MR) is 42.1 cm³/mol. The fourth-order valence-electron chi connectivity index (χ4n) is 1.17. The molecule has 2 heteroatoms. The van der Waals surface area contributed by atoms with Crippen LogP contribution in [0.4, 0.5) is 0 Å². The van der Waals surface area contributed by atoms with Gasteiger partial charge in [0.1, 0.15) is 6.10 Å². The van der Waals surface area contributed by atoms with E-state index < -0.39 is 0 Å². The molecule has 2 nitrogen and oxygen atoms in total. The SMILES string of the molecule is CC(C)=NOC1CCCC1. The van der Waals surface area contributed by atoms with E-state index in [4.69, 9.17) is 4.84 Å². The predicted octanol–water partition coefficient (Wildman–Crippen LogP) is 2.34. The Balaban J connectivity index is 2.18. The summed E-state index contributed by atoms with van der Waals surface area (Å²) >= 11 is 0. The van der Waals surface area contributed by atoms with E-state index in [0.29, 0.717) is 6.10 Å². The van der Waals surface area contributed by atoms with Gasteiger partial charge in [0.2, 0.25) is 0 Å². The van der Waals surface area contributed by atoms with Gasteiger partial charge in [-0.2, -0.15) is 0 Å². The molecule has 1 aliphatic rings. The Bertz CT molecular complexity index is 121. The second-order valence-electron chi connectivity index (χ2n) is 3.05. The molecule has 58 valence electrons. The minimum Gasteiger partial charge on any atom is -0.393 e. The fourth-order valence-corrected chi connectivity index (χ4v) is 1.17. The van der Waals surface area contributed by atoms with Crippen molar-refractivity contribution in [3.8, 4) is 0 Å². The van der Waals surface area contributed by atoms with Gasteiger partial charge >= 0.3 is 0 Å². The molecule has 0 unspecified atom stereocenters. The molecule has 0 aromatic carbocycles. The third-order valence-corrected chi connectivity index (χ3v) is 1.69. The van der Waals surface area contributed by atoms with E-state index in [1.54, 1.807) is 0 Å². The van der Waals surface area contributed by atoms with Crippen molar-refractivity contribution in [3.63, 3.8) is 0 Å². The Morgan fingerprint density at radius 1 is 1.30 bits per heavy atom. The molecule has 0 bridgehead atoms. The van der Waals surface area contributed by atoms with Gasteiger partial charge in [-0.3, -0.25) is 0 Å². The molecule has 1 saturated carbocycles. The van der Waals surface area contributed by atoms with Gasteiger partial charge in [-0.15, -0.1) is 0 Å². The van der Waals surface area contributed by atoms with Gasteiger partial charge < -0.3 is 4.84 Å². The molecule has 1 aliphatic carbocycles. The van der Waals surface area contributed by atoms with Gasteiger partial charge in [-0.05, 0) is 39.5 Å². The number of hydrogen-bond acceptors (Lipinski definition) is 2. The summed E-state index contributed by atoms with van der Waals surface area (Å²) in [4.78, 5) is 5.25. The summed E-state index contributed by atoms with van der Waals surface area (Å²) in [5.41, 5.74) is 1.01. The first-order valence-electron chi connectivity index (χ1n) is 3.96. The number of rotatable bonds is 2. The molecular formula is C8H15NO. The minimum absolute atomic E-state index is 0.412. The zero-order chi connectivity index (χ0) is 7.40. The van der Waals surface area contributed by atoms with Crippen molar-refractivity contribution in [1.82, 2.24) is 0 Å². The molecule has 0 saturated heterocycles. The van der Waals surface area contributed by atoms with Gasteiger partial charge in [-0.1, -0.05) is 5.16 Å². The van der Waals surface area contributed by atoms with Crippen LogP contribution in [0, 0.1) is 0 Å². The molecule has 0 spiro atoms. The van der Waals surface area contributed by atoms with E-state index in [9.17, 15) is 0 Å². The van der Waals surface area contributed by atoms with E-state index in [1.165, 1.54) is 25.7 Å². The van der Waals surface area contributed by atoms with Crippen LogP contribution in [0.5, 0.6) is 0 Å². The van der Waals surface area contributed by atoms with E-state index in [2.05, 4.69) is 5.16 Å². The Hall–Kier alpha value is -0.530. The summed E-state index contributed by atoms with van der Waals surface area (Å²) in [6.07, 6.45) is 5.41. The quantitative estimate of drug-likeness (QED) is 0.427. The number of nitrogens with zero attached hydrogens (tertiary/aromatic N) is 1. The van der Waals surface area contributed by atoms with Gasteiger partial charge in [-0.25, -0.2) is 0 Å². The van der Waals surface area contributed by atoms with Crippen molar-refractivity contribution in [3.05, 3.63) is 0 Å². The monoisotopic (exact) mass is 141 g/mol. The highest BCUT2D eigenvalue weighted by Gasteiger charge is 2.15. The maximum absolute atomic E-state index is 5.25. The van der Waals surface area contributed by atoms with Crippen LogP contribution < -0.4 is 0 Å². The summed E-state index contributed by atoms with van der Waals surface area (Å²) in [5.74, 6) is 0. The summed E-state index contributed by atoms with van der Waals surface area (Å²) < 4.78 is 0. The highest BCUT2D eigenvalue weighted by atomic mass is 16.6. The maximum atomic E-state index is 5.25. The third-order valence-electron chi connectivity index (χ3n) is 1.69. The van der Waals surface area contributed by atoms with E-state index in [-0.39, 0.29) is 0 Å². The average molecular weight is 141 g/mol. The largest absolute Gasteiger partial charge is 0.393 e. The molecule has 1 fully saturated rings. The van der Waals surface area contributed by atoms with Crippen molar-refractivity contribution >= 4 is 5.71 Å². The van der Waals surface area contributed by atoms with Crippen LogP contribution in [0.15, 0.2) is 5.16 Å². The van der Waals surface area contributed by atoms with Gasteiger partial charge in [0.15, 0.2) is 0 Å². The number of hydrogen-bond donors (Lipinski definition) is 0. The first kappa shape index (κ1) is 7.58. The molecule has 0 aliphatic heterocycles. The standard InChI is InChI=1S/C8H15NO/c1-7(2)9-10-8-5-3-4-6-8/h8H,3-6H2,1-2H3. The molecule has 0 amide bonds. The Labute approximate surface area is 62.3 Å². The zero-order valence-electron chi connectivity index (χ0n) is 6.76. The highest BCUT2D eigenvalue weighted by Crippen LogP contribution is 2.20. The van der Waals surface area contributed by atoms with Crippen molar-refractivity contribution < 1.29 is 4.84 Å². The van der Waals surface area contributed by atoms with Crippen molar-refractivity contribution in [1.29, 1.82) is 0 Å². The van der Waals surface area contributed by atoms with Crippen molar-refractivity contribution in [2.75, 3.05) is 0 Å². The molecule has 0 aromatic rings. The normalized spacial score (nSPS) is 19.0. The molecule has 0 heterocycles. The molecule has 0 N–H and O–H groups in total. The highest BCUT2D eigenvalue weighted by molar-refractivity contribution is 5.78. The smallest absolute Gasteiger partial charge is 0.127 e. The topological polar surface area (TPSA) is 21.6 Å². The Kier molecular flexibility index (Phi) is 2.72. The van der Waals surface area contributed by atoms with E-state index in [1.807, 2.05) is 13.8 Å². The lowest BCUT2D eigenvalue weighted by Crippen LogP contribution is -2.03. The Morgan fingerprint density at radius 3 is 2.40 bits per heavy atom. The fraction of sp³-hybridized carbons (Fsp3) is 0.875. The van der Waals surface area contributed by atoms with Crippen LogP contribution in [-0.2, 0) is 4.84 Å². The Morgan fingerprint density at radius 2 is 1.90 bits per heavy atom. The summed E-state index contributed by atoms with van der Waals surface area (Å²) in [6, 6.07) is 0. The van der Waals surface area contributed by atoms with Crippen molar-refractivity contribution in [2.45, 2.75) is 45.6 Å². The van der Waals surface area contributed by atoms with Crippen LogP contribution in [0.25, 0.3) is 0 Å². The molecule has 10 heavy (non-hydrogen) atoms. The summed E-state index contributed by atoms with van der Waals surface area (Å²) in [7, 11) is 0.